The maximum atomic E-state index is 8.53. The Bertz CT molecular complexity index is 154. The van der Waals surface area contributed by atoms with Gasteiger partial charge in [-0.2, -0.15) is 5.26 Å². The first kappa shape index (κ1) is 6.85. The summed E-state index contributed by atoms with van der Waals surface area (Å²) in [6.07, 6.45) is 0.524. The third-order valence-electron chi connectivity index (χ3n) is 1.66. The second-order valence-corrected chi connectivity index (χ2v) is 2.91. The Morgan fingerprint density at radius 2 is 2.56 bits per heavy atom. The number of halogens is 1. The van der Waals surface area contributed by atoms with E-state index in [9.17, 15) is 0 Å². The SMILES string of the molecule is CC1OCCC1(Cl)C#N. The van der Waals surface area contributed by atoms with E-state index in [0.717, 1.165) is 0 Å². The van der Waals surface area contributed by atoms with E-state index in [0.29, 0.717) is 13.0 Å². The van der Waals surface area contributed by atoms with Gasteiger partial charge < -0.3 is 4.74 Å². The van der Waals surface area contributed by atoms with E-state index in [-0.39, 0.29) is 6.10 Å². The van der Waals surface area contributed by atoms with Gasteiger partial charge in [0, 0.05) is 13.0 Å². The highest BCUT2D eigenvalue weighted by atomic mass is 35.5. The summed E-state index contributed by atoms with van der Waals surface area (Å²) in [7, 11) is 0. The van der Waals surface area contributed by atoms with E-state index >= 15 is 0 Å². The molecule has 1 fully saturated rings. The zero-order chi connectivity index (χ0) is 6.91. The normalized spacial score (nSPS) is 42.6. The third kappa shape index (κ3) is 1.03. The molecule has 0 amide bonds. The topological polar surface area (TPSA) is 33.0 Å². The molecule has 9 heavy (non-hydrogen) atoms. The fraction of sp³-hybridized carbons (Fsp3) is 0.833. The van der Waals surface area contributed by atoms with Crippen LogP contribution in [-0.4, -0.2) is 17.6 Å². The van der Waals surface area contributed by atoms with Crippen LogP contribution in [0.1, 0.15) is 13.3 Å². The van der Waals surface area contributed by atoms with Crippen molar-refractivity contribution in [1.29, 1.82) is 5.26 Å². The molecule has 0 saturated carbocycles. The summed E-state index contributed by atoms with van der Waals surface area (Å²) in [6.45, 7) is 2.43. The fourth-order valence-corrected chi connectivity index (χ4v) is 1.01. The summed E-state index contributed by atoms with van der Waals surface area (Å²) in [6, 6.07) is 2.03. The molecule has 0 spiro atoms. The Kier molecular flexibility index (Phi) is 1.65. The average Bonchev–Trinajstić information content (AvgIpc) is 2.15. The van der Waals surface area contributed by atoms with Crippen molar-refractivity contribution in [3.05, 3.63) is 0 Å². The minimum absolute atomic E-state index is 0.121. The Morgan fingerprint density at radius 1 is 1.89 bits per heavy atom. The second kappa shape index (κ2) is 2.17. The van der Waals surface area contributed by atoms with Gasteiger partial charge in [0.05, 0.1) is 12.2 Å². The molecule has 0 aliphatic carbocycles. The number of nitriles is 1. The molecular weight excluding hydrogens is 138 g/mol. The molecule has 0 aromatic heterocycles. The number of hydrogen-bond acceptors (Lipinski definition) is 2. The lowest BCUT2D eigenvalue weighted by atomic mass is 10.0. The van der Waals surface area contributed by atoms with Crippen molar-refractivity contribution in [1.82, 2.24) is 0 Å². The quantitative estimate of drug-likeness (QED) is 0.482. The smallest absolute Gasteiger partial charge is 0.158 e. The molecule has 2 atom stereocenters. The van der Waals surface area contributed by atoms with Crippen molar-refractivity contribution in [2.45, 2.75) is 24.3 Å². The molecule has 3 heteroatoms. The Hall–Kier alpha value is -0.260. The number of hydrogen-bond donors (Lipinski definition) is 0. The standard InChI is InChI=1S/C6H8ClNO/c1-5-6(7,4-8)2-3-9-5/h5H,2-3H2,1H3. The van der Waals surface area contributed by atoms with Gasteiger partial charge in [-0.15, -0.1) is 0 Å². The molecule has 1 rings (SSSR count). The van der Waals surface area contributed by atoms with Gasteiger partial charge in [-0.1, -0.05) is 11.6 Å². The van der Waals surface area contributed by atoms with Gasteiger partial charge in [-0.3, -0.25) is 0 Å². The Balaban J connectivity index is 2.70. The highest BCUT2D eigenvalue weighted by Gasteiger charge is 2.39. The van der Waals surface area contributed by atoms with Gasteiger partial charge >= 0.3 is 0 Å². The monoisotopic (exact) mass is 145 g/mol. The highest BCUT2D eigenvalue weighted by Crippen LogP contribution is 2.31. The van der Waals surface area contributed by atoms with Crippen LogP contribution in [0.3, 0.4) is 0 Å². The van der Waals surface area contributed by atoms with Crippen LogP contribution in [0, 0.1) is 11.3 Å². The minimum atomic E-state index is -0.750. The maximum absolute atomic E-state index is 8.53. The first-order valence-electron chi connectivity index (χ1n) is 2.91. The van der Waals surface area contributed by atoms with Crippen molar-refractivity contribution in [3.63, 3.8) is 0 Å². The lowest BCUT2D eigenvalue weighted by Crippen LogP contribution is -2.27. The van der Waals surface area contributed by atoms with Crippen LogP contribution in [0.4, 0.5) is 0 Å². The molecule has 1 aliphatic rings. The fourth-order valence-electron chi connectivity index (χ4n) is 0.866. The van der Waals surface area contributed by atoms with Crippen LogP contribution in [-0.2, 0) is 4.74 Å². The zero-order valence-electron chi connectivity index (χ0n) is 5.22. The molecule has 2 nitrogen and oxygen atoms in total. The summed E-state index contributed by atoms with van der Waals surface area (Å²) < 4.78 is 5.10. The Morgan fingerprint density at radius 3 is 2.78 bits per heavy atom. The molecule has 1 heterocycles. The first-order valence-corrected chi connectivity index (χ1v) is 3.28. The van der Waals surface area contributed by atoms with Gasteiger partial charge in [0.2, 0.25) is 0 Å². The average molecular weight is 146 g/mol. The summed E-state index contributed by atoms with van der Waals surface area (Å²) in [4.78, 5) is -0.750. The zero-order valence-corrected chi connectivity index (χ0v) is 5.98. The molecule has 1 saturated heterocycles. The van der Waals surface area contributed by atoms with Gasteiger partial charge in [0.1, 0.15) is 0 Å². The molecule has 0 radical (unpaired) electrons. The number of ether oxygens (including phenoxy) is 1. The van der Waals surface area contributed by atoms with Crippen molar-refractivity contribution in [2.24, 2.45) is 0 Å². The first-order chi connectivity index (χ1) is 4.19. The Labute approximate surface area is 59.4 Å². The van der Waals surface area contributed by atoms with Crippen LogP contribution in [0.15, 0.2) is 0 Å². The van der Waals surface area contributed by atoms with Gasteiger partial charge in [-0.05, 0) is 6.92 Å². The predicted octanol–water partition coefficient (Wildman–Crippen LogP) is 1.30. The maximum Gasteiger partial charge on any atom is 0.158 e. The van der Waals surface area contributed by atoms with E-state index in [1.165, 1.54) is 0 Å². The largest absolute Gasteiger partial charge is 0.375 e. The molecule has 50 valence electrons. The van der Waals surface area contributed by atoms with Crippen LogP contribution < -0.4 is 0 Å². The molecular formula is C6H8ClNO. The van der Waals surface area contributed by atoms with Crippen molar-refractivity contribution < 1.29 is 4.74 Å². The lowest BCUT2D eigenvalue weighted by molar-refractivity contribution is 0.119. The van der Waals surface area contributed by atoms with Crippen molar-refractivity contribution >= 4 is 11.6 Å². The van der Waals surface area contributed by atoms with Crippen LogP contribution >= 0.6 is 11.6 Å². The van der Waals surface area contributed by atoms with E-state index in [1.807, 2.05) is 13.0 Å². The lowest BCUT2D eigenvalue weighted by Gasteiger charge is -2.13. The summed E-state index contributed by atoms with van der Waals surface area (Å²) in [5.41, 5.74) is 0. The summed E-state index contributed by atoms with van der Waals surface area (Å²) >= 11 is 5.82. The second-order valence-electron chi connectivity index (χ2n) is 2.24. The van der Waals surface area contributed by atoms with E-state index < -0.39 is 4.87 Å². The van der Waals surface area contributed by atoms with Crippen LogP contribution in [0.25, 0.3) is 0 Å². The molecule has 2 unspecified atom stereocenters. The van der Waals surface area contributed by atoms with Crippen molar-refractivity contribution in [3.8, 4) is 6.07 Å². The highest BCUT2D eigenvalue weighted by molar-refractivity contribution is 6.26. The van der Waals surface area contributed by atoms with Crippen molar-refractivity contribution in [2.75, 3.05) is 6.61 Å². The third-order valence-corrected chi connectivity index (χ3v) is 2.24. The minimum Gasteiger partial charge on any atom is -0.375 e. The van der Waals surface area contributed by atoms with Crippen LogP contribution in [0.5, 0.6) is 0 Å². The molecule has 1 aliphatic heterocycles. The summed E-state index contributed by atoms with van der Waals surface area (Å²) in [5, 5.41) is 8.53. The van der Waals surface area contributed by atoms with Crippen LogP contribution in [0.2, 0.25) is 0 Å². The molecule has 0 bridgehead atoms. The molecule has 0 N–H and O–H groups in total. The molecule has 0 aromatic rings. The predicted molar refractivity (Wildman–Crippen MR) is 34.2 cm³/mol. The summed E-state index contributed by atoms with van der Waals surface area (Å²) in [5.74, 6) is 0. The number of rotatable bonds is 0. The van der Waals surface area contributed by atoms with Gasteiger partial charge in [0.25, 0.3) is 0 Å². The van der Waals surface area contributed by atoms with E-state index in [1.54, 1.807) is 0 Å². The van der Waals surface area contributed by atoms with Gasteiger partial charge in [0.15, 0.2) is 4.87 Å². The number of nitrogens with zero attached hydrogens (tertiary/aromatic N) is 1. The van der Waals surface area contributed by atoms with E-state index in [4.69, 9.17) is 21.6 Å². The van der Waals surface area contributed by atoms with E-state index in [2.05, 4.69) is 0 Å². The van der Waals surface area contributed by atoms with Gasteiger partial charge in [-0.25, -0.2) is 0 Å². The number of alkyl halides is 1. The molecule has 0 aromatic carbocycles.